The fourth-order valence-electron chi connectivity index (χ4n) is 1.87. The van der Waals surface area contributed by atoms with Crippen LogP contribution in [-0.2, 0) is 4.79 Å². The Morgan fingerprint density at radius 3 is 2.56 bits per heavy atom. The van der Waals surface area contributed by atoms with E-state index in [0.29, 0.717) is 31.7 Å². The maximum Gasteiger partial charge on any atom is 0.289 e. The van der Waals surface area contributed by atoms with Crippen LogP contribution in [0.25, 0.3) is 0 Å². The Balaban J connectivity index is 1.94. The van der Waals surface area contributed by atoms with Crippen molar-refractivity contribution in [2.24, 2.45) is 5.92 Å². The third kappa shape index (κ3) is 2.27. The van der Waals surface area contributed by atoms with Gasteiger partial charge in [0.25, 0.3) is 5.91 Å². The molecule has 16 heavy (non-hydrogen) atoms. The fraction of sp³-hybridized carbons (Fsp3) is 0.455. The molecule has 0 saturated carbocycles. The lowest BCUT2D eigenvalue weighted by Crippen LogP contribution is -2.39. The van der Waals surface area contributed by atoms with Gasteiger partial charge in [-0.25, -0.2) is 0 Å². The second kappa shape index (κ2) is 4.70. The molecule has 0 aromatic carbocycles. The first-order chi connectivity index (χ1) is 7.68. The molecule has 4 nitrogen and oxygen atoms in total. The third-order valence-corrected chi connectivity index (χ3v) is 3.14. The van der Waals surface area contributed by atoms with Gasteiger partial charge in [0.15, 0.2) is 5.76 Å². The zero-order valence-electron chi connectivity index (χ0n) is 8.69. The van der Waals surface area contributed by atoms with Crippen molar-refractivity contribution < 1.29 is 14.0 Å². The van der Waals surface area contributed by atoms with Gasteiger partial charge in [-0.05, 0) is 36.6 Å². The summed E-state index contributed by atoms with van der Waals surface area (Å²) >= 11 is 5.42. The van der Waals surface area contributed by atoms with Crippen molar-refractivity contribution in [3.8, 4) is 0 Å². The first-order valence-electron chi connectivity index (χ1n) is 5.20. The van der Waals surface area contributed by atoms with E-state index in [2.05, 4.69) is 0 Å². The highest BCUT2D eigenvalue weighted by atomic mass is 35.5. The summed E-state index contributed by atoms with van der Waals surface area (Å²) in [5, 5.41) is -0.301. The normalized spacial score (nSPS) is 17.4. The van der Waals surface area contributed by atoms with Crippen LogP contribution in [0.15, 0.2) is 22.8 Å². The van der Waals surface area contributed by atoms with Crippen LogP contribution >= 0.6 is 11.6 Å². The standard InChI is InChI=1S/C11H12ClNO3/c12-10(14)8-3-5-13(6-4-8)11(15)9-2-1-7-16-9/h1-2,7-8H,3-6H2. The number of rotatable bonds is 2. The molecule has 0 spiro atoms. The molecule has 5 heteroatoms. The lowest BCUT2D eigenvalue weighted by molar-refractivity contribution is -0.116. The van der Waals surface area contributed by atoms with E-state index in [4.69, 9.17) is 16.0 Å². The van der Waals surface area contributed by atoms with Gasteiger partial charge in [-0.3, -0.25) is 9.59 Å². The summed E-state index contributed by atoms with van der Waals surface area (Å²) in [4.78, 5) is 24.5. The quantitative estimate of drug-likeness (QED) is 0.743. The second-order valence-electron chi connectivity index (χ2n) is 3.85. The Hall–Kier alpha value is -1.29. The molecule has 1 aromatic heterocycles. The summed E-state index contributed by atoms with van der Waals surface area (Å²) in [6, 6.07) is 3.32. The number of carbonyl (C=O) groups excluding carboxylic acids is 2. The van der Waals surface area contributed by atoms with Gasteiger partial charge in [0.05, 0.1) is 6.26 Å². The number of amides is 1. The van der Waals surface area contributed by atoms with Crippen LogP contribution in [0, 0.1) is 5.92 Å². The minimum Gasteiger partial charge on any atom is -0.459 e. The van der Waals surface area contributed by atoms with Crippen molar-refractivity contribution in [2.75, 3.05) is 13.1 Å². The molecule has 1 aliphatic heterocycles. The van der Waals surface area contributed by atoms with Gasteiger partial charge in [0, 0.05) is 19.0 Å². The van der Waals surface area contributed by atoms with E-state index in [9.17, 15) is 9.59 Å². The number of carbonyl (C=O) groups is 2. The number of furan rings is 1. The molecule has 86 valence electrons. The molecule has 0 N–H and O–H groups in total. The molecular formula is C11H12ClNO3. The number of halogens is 1. The first-order valence-corrected chi connectivity index (χ1v) is 5.58. The molecular weight excluding hydrogens is 230 g/mol. The third-order valence-electron chi connectivity index (χ3n) is 2.84. The Morgan fingerprint density at radius 2 is 2.06 bits per heavy atom. The van der Waals surface area contributed by atoms with Gasteiger partial charge in [0.2, 0.25) is 5.24 Å². The SMILES string of the molecule is O=C(Cl)C1CCN(C(=O)c2ccco2)CC1. The van der Waals surface area contributed by atoms with Gasteiger partial charge in [-0.2, -0.15) is 0 Å². The molecule has 2 rings (SSSR count). The summed E-state index contributed by atoms with van der Waals surface area (Å²) in [6.07, 6.45) is 2.74. The molecule has 0 bridgehead atoms. The molecule has 0 aliphatic carbocycles. The topological polar surface area (TPSA) is 50.5 Å². The number of hydrogen-bond donors (Lipinski definition) is 0. The number of hydrogen-bond acceptors (Lipinski definition) is 3. The van der Waals surface area contributed by atoms with Crippen molar-refractivity contribution in [2.45, 2.75) is 12.8 Å². The largest absolute Gasteiger partial charge is 0.459 e. The Kier molecular flexibility index (Phi) is 3.29. The highest BCUT2D eigenvalue weighted by Gasteiger charge is 2.27. The predicted molar refractivity (Wildman–Crippen MR) is 58.2 cm³/mol. The number of likely N-dealkylation sites (tertiary alicyclic amines) is 1. The van der Waals surface area contributed by atoms with Gasteiger partial charge >= 0.3 is 0 Å². The highest BCUT2D eigenvalue weighted by Crippen LogP contribution is 2.21. The van der Waals surface area contributed by atoms with E-state index in [-0.39, 0.29) is 17.1 Å². The van der Waals surface area contributed by atoms with Gasteiger partial charge in [0.1, 0.15) is 0 Å². The van der Waals surface area contributed by atoms with Crippen LogP contribution in [-0.4, -0.2) is 29.1 Å². The Labute approximate surface area is 98.2 Å². The van der Waals surface area contributed by atoms with Gasteiger partial charge in [-0.15, -0.1) is 0 Å². The van der Waals surface area contributed by atoms with E-state index in [0.717, 1.165) is 0 Å². The minimum atomic E-state index is -0.301. The molecule has 0 atom stereocenters. The van der Waals surface area contributed by atoms with E-state index in [1.807, 2.05) is 0 Å². The summed E-state index contributed by atoms with van der Waals surface area (Å²) in [5.74, 6) is 0.114. The molecule has 1 amide bonds. The highest BCUT2D eigenvalue weighted by molar-refractivity contribution is 6.63. The lowest BCUT2D eigenvalue weighted by atomic mass is 9.98. The first kappa shape index (κ1) is 11.2. The smallest absolute Gasteiger partial charge is 0.289 e. The molecule has 1 saturated heterocycles. The Morgan fingerprint density at radius 1 is 1.38 bits per heavy atom. The lowest BCUT2D eigenvalue weighted by Gasteiger charge is -2.29. The summed E-state index contributed by atoms with van der Waals surface area (Å²) in [5.41, 5.74) is 0. The predicted octanol–water partition coefficient (Wildman–Crippen LogP) is 1.90. The van der Waals surface area contributed by atoms with Crippen LogP contribution < -0.4 is 0 Å². The van der Waals surface area contributed by atoms with Crippen LogP contribution in [0.2, 0.25) is 0 Å². The molecule has 1 aliphatic rings. The van der Waals surface area contributed by atoms with Crippen molar-refractivity contribution in [1.82, 2.24) is 4.90 Å². The van der Waals surface area contributed by atoms with Gasteiger partial charge < -0.3 is 9.32 Å². The zero-order valence-corrected chi connectivity index (χ0v) is 9.44. The summed E-state index contributed by atoms with van der Waals surface area (Å²) < 4.78 is 5.04. The molecule has 0 radical (unpaired) electrons. The Bertz CT molecular complexity index is 380. The van der Waals surface area contributed by atoms with Crippen LogP contribution in [0.3, 0.4) is 0 Å². The van der Waals surface area contributed by atoms with Crippen LogP contribution in [0.5, 0.6) is 0 Å². The van der Waals surface area contributed by atoms with Crippen molar-refractivity contribution in [3.63, 3.8) is 0 Å². The van der Waals surface area contributed by atoms with Crippen molar-refractivity contribution in [3.05, 3.63) is 24.2 Å². The van der Waals surface area contributed by atoms with Crippen LogP contribution in [0.4, 0.5) is 0 Å². The van der Waals surface area contributed by atoms with E-state index in [1.54, 1.807) is 17.0 Å². The van der Waals surface area contributed by atoms with Crippen molar-refractivity contribution in [1.29, 1.82) is 0 Å². The maximum atomic E-state index is 11.9. The molecule has 2 heterocycles. The van der Waals surface area contributed by atoms with Gasteiger partial charge in [-0.1, -0.05) is 0 Å². The second-order valence-corrected chi connectivity index (χ2v) is 4.22. The number of nitrogens with zero attached hydrogens (tertiary/aromatic N) is 1. The van der Waals surface area contributed by atoms with E-state index >= 15 is 0 Å². The maximum absolute atomic E-state index is 11.9. The zero-order chi connectivity index (χ0) is 11.5. The average Bonchev–Trinajstić information content (AvgIpc) is 2.81. The monoisotopic (exact) mass is 241 g/mol. The minimum absolute atomic E-state index is 0.109. The molecule has 1 aromatic rings. The van der Waals surface area contributed by atoms with Crippen LogP contribution in [0.1, 0.15) is 23.4 Å². The van der Waals surface area contributed by atoms with Crippen molar-refractivity contribution >= 4 is 22.8 Å². The van der Waals surface area contributed by atoms with E-state index < -0.39 is 0 Å². The summed E-state index contributed by atoms with van der Waals surface area (Å²) in [7, 11) is 0. The molecule has 1 fully saturated rings. The number of piperidine rings is 1. The average molecular weight is 242 g/mol. The summed E-state index contributed by atoms with van der Waals surface area (Å²) in [6.45, 7) is 1.12. The van der Waals surface area contributed by atoms with E-state index in [1.165, 1.54) is 6.26 Å². The molecule has 0 unspecified atom stereocenters. The fourth-order valence-corrected chi connectivity index (χ4v) is 2.08.